The Morgan fingerprint density at radius 1 is 1.19 bits per heavy atom. The van der Waals surface area contributed by atoms with Crippen LogP contribution in [0, 0.1) is 0 Å². The molecule has 90 valence electrons. The molecule has 1 rings (SSSR count). The number of hydrogen-bond donors (Lipinski definition) is 2. The second-order valence-electron chi connectivity index (χ2n) is 4.00. The van der Waals surface area contributed by atoms with Gasteiger partial charge in [0.1, 0.15) is 5.82 Å². The first kappa shape index (κ1) is 12.7. The number of H-pyrrole nitrogens is 1. The maximum Gasteiger partial charge on any atom is 0.264 e. The van der Waals surface area contributed by atoms with Gasteiger partial charge in [0.05, 0.1) is 0 Å². The van der Waals surface area contributed by atoms with Gasteiger partial charge in [0.2, 0.25) is 0 Å². The summed E-state index contributed by atoms with van der Waals surface area (Å²) in [5.74, 6) is 0.744. The molecule has 0 saturated carbocycles. The van der Waals surface area contributed by atoms with E-state index in [0.717, 1.165) is 18.8 Å². The minimum Gasteiger partial charge on any atom is -0.369 e. The molecule has 0 amide bonds. The van der Waals surface area contributed by atoms with E-state index in [0.29, 0.717) is 0 Å². The van der Waals surface area contributed by atoms with E-state index in [1.807, 2.05) is 0 Å². The van der Waals surface area contributed by atoms with Crippen LogP contribution in [0.1, 0.15) is 45.4 Å². The molecule has 0 radical (unpaired) electrons. The summed E-state index contributed by atoms with van der Waals surface area (Å²) < 4.78 is 0. The normalized spacial score (nSPS) is 10.3. The minimum absolute atomic E-state index is 0.162. The van der Waals surface area contributed by atoms with Gasteiger partial charge < -0.3 is 5.32 Å². The zero-order chi connectivity index (χ0) is 11.6. The smallest absolute Gasteiger partial charge is 0.264 e. The standard InChI is InChI=1S/C12H21N3O/c1-2-3-4-5-6-7-10-13-11-8-9-12(16)15-14-11/h8-9H,2-7,10H2,1H3,(H,13,14)(H,15,16). The summed E-state index contributed by atoms with van der Waals surface area (Å²) in [5.41, 5.74) is -0.162. The number of anilines is 1. The van der Waals surface area contributed by atoms with Crippen molar-refractivity contribution in [2.24, 2.45) is 0 Å². The number of aromatic nitrogens is 2. The molecule has 0 atom stereocenters. The van der Waals surface area contributed by atoms with Gasteiger partial charge >= 0.3 is 0 Å². The van der Waals surface area contributed by atoms with Crippen LogP contribution in [-0.4, -0.2) is 16.7 Å². The van der Waals surface area contributed by atoms with E-state index in [4.69, 9.17) is 0 Å². The Labute approximate surface area is 96.5 Å². The van der Waals surface area contributed by atoms with E-state index in [9.17, 15) is 4.79 Å². The van der Waals surface area contributed by atoms with Gasteiger partial charge in [-0.05, 0) is 12.5 Å². The lowest BCUT2D eigenvalue weighted by atomic mass is 10.1. The van der Waals surface area contributed by atoms with Gasteiger partial charge in [0.25, 0.3) is 5.56 Å². The first-order valence-corrected chi connectivity index (χ1v) is 6.12. The Kier molecular flexibility index (Phi) is 6.30. The number of hydrogen-bond acceptors (Lipinski definition) is 3. The summed E-state index contributed by atoms with van der Waals surface area (Å²) in [4.78, 5) is 10.8. The molecule has 0 unspecified atom stereocenters. The van der Waals surface area contributed by atoms with Crippen LogP contribution in [0.15, 0.2) is 16.9 Å². The lowest BCUT2D eigenvalue weighted by Gasteiger charge is -2.04. The predicted octanol–water partition coefficient (Wildman–Crippen LogP) is 2.54. The Hall–Kier alpha value is -1.32. The second-order valence-corrected chi connectivity index (χ2v) is 4.00. The number of nitrogens with one attached hydrogen (secondary N) is 2. The second kappa shape index (κ2) is 7.91. The van der Waals surface area contributed by atoms with E-state index in [1.54, 1.807) is 6.07 Å². The van der Waals surface area contributed by atoms with Crippen LogP contribution >= 0.6 is 0 Å². The number of aromatic amines is 1. The van der Waals surface area contributed by atoms with Crippen LogP contribution < -0.4 is 10.9 Å². The SMILES string of the molecule is CCCCCCCCNc1ccc(=O)[nH]n1. The largest absolute Gasteiger partial charge is 0.369 e. The van der Waals surface area contributed by atoms with Crippen LogP contribution in [0.4, 0.5) is 5.82 Å². The van der Waals surface area contributed by atoms with Crippen LogP contribution in [0.3, 0.4) is 0 Å². The van der Waals surface area contributed by atoms with Crippen LogP contribution in [0.2, 0.25) is 0 Å². The van der Waals surface area contributed by atoms with Gasteiger partial charge in [-0.15, -0.1) is 0 Å². The lowest BCUT2D eigenvalue weighted by molar-refractivity contribution is 0.616. The molecule has 0 aliphatic heterocycles. The quantitative estimate of drug-likeness (QED) is 0.666. The Morgan fingerprint density at radius 2 is 1.94 bits per heavy atom. The molecule has 0 bridgehead atoms. The monoisotopic (exact) mass is 223 g/mol. The predicted molar refractivity (Wildman–Crippen MR) is 66.7 cm³/mol. The molecule has 0 aliphatic carbocycles. The van der Waals surface area contributed by atoms with Crippen LogP contribution in [0.5, 0.6) is 0 Å². The average molecular weight is 223 g/mol. The van der Waals surface area contributed by atoms with E-state index in [-0.39, 0.29) is 5.56 Å². The zero-order valence-corrected chi connectivity index (χ0v) is 9.96. The topological polar surface area (TPSA) is 57.8 Å². The fourth-order valence-corrected chi connectivity index (χ4v) is 1.56. The van der Waals surface area contributed by atoms with E-state index < -0.39 is 0 Å². The molecule has 1 aromatic rings. The van der Waals surface area contributed by atoms with Crippen LogP contribution in [-0.2, 0) is 0 Å². The van der Waals surface area contributed by atoms with Crippen molar-refractivity contribution in [2.45, 2.75) is 45.4 Å². The summed E-state index contributed by atoms with van der Waals surface area (Å²) in [6.07, 6.45) is 7.71. The fraction of sp³-hybridized carbons (Fsp3) is 0.667. The molecular weight excluding hydrogens is 202 g/mol. The molecule has 2 N–H and O–H groups in total. The summed E-state index contributed by atoms with van der Waals surface area (Å²) >= 11 is 0. The number of rotatable bonds is 8. The molecular formula is C12H21N3O. The molecule has 1 heterocycles. The van der Waals surface area contributed by atoms with Crippen molar-refractivity contribution in [3.8, 4) is 0 Å². The van der Waals surface area contributed by atoms with Gasteiger partial charge in [0.15, 0.2) is 0 Å². The van der Waals surface area contributed by atoms with Gasteiger partial charge in [-0.2, -0.15) is 5.10 Å². The minimum atomic E-state index is -0.162. The summed E-state index contributed by atoms with van der Waals surface area (Å²) in [6.45, 7) is 3.15. The van der Waals surface area contributed by atoms with Crippen molar-refractivity contribution in [1.29, 1.82) is 0 Å². The first-order chi connectivity index (χ1) is 7.83. The third-order valence-electron chi connectivity index (χ3n) is 2.52. The summed E-state index contributed by atoms with van der Waals surface area (Å²) in [7, 11) is 0. The average Bonchev–Trinajstić information content (AvgIpc) is 2.30. The fourth-order valence-electron chi connectivity index (χ4n) is 1.56. The van der Waals surface area contributed by atoms with Gasteiger partial charge in [0, 0.05) is 12.6 Å². The highest BCUT2D eigenvalue weighted by Crippen LogP contribution is 2.05. The highest BCUT2D eigenvalue weighted by molar-refractivity contribution is 5.30. The third-order valence-corrected chi connectivity index (χ3v) is 2.52. The molecule has 0 saturated heterocycles. The molecule has 0 aromatic carbocycles. The van der Waals surface area contributed by atoms with E-state index in [1.165, 1.54) is 38.2 Å². The first-order valence-electron chi connectivity index (χ1n) is 6.12. The van der Waals surface area contributed by atoms with Gasteiger partial charge in [-0.25, -0.2) is 5.10 Å². The molecule has 4 heteroatoms. The number of unbranched alkanes of at least 4 members (excludes halogenated alkanes) is 5. The summed E-state index contributed by atoms with van der Waals surface area (Å²) in [6, 6.07) is 3.19. The maximum atomic E-state index is 10.8. The highest BCUT2D eigenvalue weighted by Gasteiger charge is 1.93. The zero-order valence-electron chi connectivity index (χ0n) is 9.96. The summed E-state index contributed by atoms with van der Waals surface area (Å²) in [5, 5.41) is 9.46. The van der Waals surface area contributed by atoms with E-state index in [2.05, 4.69) is 22.4 Å². The third kappa shape index (κ3) is 5.53. The molecule has 16 heavy (non-hydrogen) atoms. The highest BCUT2D eigenvalue weighted by atomic mass is 16.1. The van der Waals surface area contributed by atoms with Gasteiger partial charge in [-0.3, -0.25) is 4.79 Å². The Bertz CT molecular complexity index is 315. The van der Waals surface area contributed by atoms with Crippen molar-refractivity contribution in [1.82, 2.24) is 10.2 Å². The van der Waals surface area contributed by atoms with E-state index >= 15 is 0 Å². The van der Waals surface area contributed by atoms with Crippen molar-refractivity contribution < 1.29 is 0 Å². The number of nitrogens with zero attached hydrogens (tertiary/aromatic N) is 1. The molecule has 4 nitrogen and oxygen atoms in total. The maximum absolute atomic E-state index is 10.8. The van der Waals surface area contributed by atoms with Crippen molar-refractivity contribution in [3.63, 3.8) is 0 Å². The molecule has 0 aliphatic rings. The molecule has 1 aromatic heterocycles. The molecule has 0 fully saturated rings. The van der Waals surface area contributed by atoms with Crippen LogP contribution in [0.25, 0.3) is 0 Å². The van der Waals surface area contributed by atoms with Crippen molar-refractivity contribution in [3.05, 3.63) is 22.5 Å². The molecule has 0 spiro atoms. The van der Waals surface area contributed by atoms with Crippen molar-refractivity contribution in [2.75, 3.05) is 11.9 Å². The Morgan fingerprint density at radius 3 is 2.62 bits per heavy atom. The van der Waals surface area contributed by atoms with Gasteiger partial charge in [-0.1, -0.05) is 39.0 Å². The lowest BCUT2D eigenvalue weighted by Crippen LogP contribution is -2.10. The Balaban J connectivity index is 2.03. The van der Waals surface area contributed by atoms with Crippen molar-refractivity contribution >= 4 is 5.82 Å².